The lowest BCUT2D eigenvalue weighted by atomic mass is 10.1. The van der Waals surface area contributed by atoms with E-state index in [1.165, 1.54) is 51.7 Å². The third kappa shape index (κ3) is 5.04. The van der Waals surface area contributed by atoms with E-state index in [1.807, 2.05) is 24.3 Å². The molecule has 0 atom stereocenters. The molecule has 0 amide bonds. The normalized spacial score (nSPS) is 16.1. The summed E-state index contributed by atoms with van der Waals surface area (Å²) in [6.07, 6.45) is 7.84. The lowest BCUT2D eigenvalue weighted by Crippen LogP contribution is -2.30. The maximum Gasteiger partial charge on any atom is 0.161 e. The molecule has 0 N–H and O–H groups in total. The zero-order valence-corrected chi connectivity index (χ0v) is 12.6. The Balaban J connectivity index is 1.55. The predicted molar refractivity (Wildman–Crippen MR) is 82.6 cm³/mol. The van der Waals surface area contributed by atoms with E-state index in [4.69, 9.17) is 9.47 Å². The number of piperidine rings is 1. The monoisotopic (exact) mass is 277 g/mol. The Kier molecular flexibility index (Phi) is 6.72. The summed E-state index contributed by atoms with van der Waals surface area (Å²) in [5, 5.41) is 0. The van der Waals surface area contributed by atoms with Crippen molar-refractivity contribution in [3.05, 3.63) is 24.3 Å². The molecule has 20 heavy (non-hydrogen) atoms. The molecule has 1 fully saturated rings. The minimum atomic E-state index is 0.778. The number of hydrogen-bond donors (Lipinski definition) is 0. The summed E-state index contributed by atoms with van der Waals surface area (Å²) < 4.78 is 11.1. The van der Waals surface area contributed by atoms with E-state index in [2.05, 4.69) is 4.90 Å². The largest absolute Gasteiger partial charge is 0.493 e. The molecular formula is C17H27NO2. The minimum Gasteiger partial charge on any atom is -0.493 e. The van der Waals surface area contributed by atoms with Crippen LogP contribution in [-0.4, -0.2) is 38.3 Å². The Morgan fingerprint density at radius 3 is 2.45 bits per heavy atom. The average Bonchev–Trinajstić information content (AvgIpc) is 2.52. The first-order valence-corrected chi connectivity index (χ1v) is 7.88. The molecule has 0 radical (unpaired) electrons. The highest BCUT2D eigenvalue weighted by Crippen LogP contribution is 2.25. The highest BCUT2D eigenvalue weighted by atomic mass is 16.5. The molecule has 2 rings (SSSR count). The second kappa shape index (κ2) is 8.85. The molecule has 1 aliphatic rings. The van der Waals surface area contributed by atoms with Crippen LogP contribution >= 0.6 is 0 Å². The summed E-state index contributed by atoms with van der Waals surface area (Å²) in [7, 11) is 1.68. The zero-order chi connectivity index (χ0) is 14.0. The minimum absolute atomic E-state index is 0.778. The van der Waals surface area contributed by atoms with E-state index in [0.29, 0.717) is 0 Å². The molecule has 0 unspecified atom stereocenters. The zero-order valence-electron chi connectivity index (χ0n) is 12.6. The number of ether oxygens (including phenoxy) is 2. The van der Waals surface area contributed by atoms with Gasteiger partial charge in [-0.15, -0.1) is 0 Å². The fraction of sp³-hybridized carbons (Fsp3) is 0.647. The molecule has 0 spiro atoms. The summed E-state index contributed by atoms with van der Waals surface area (Å²) in [6.45, 7) is 4.64. The van der Waals surface area contributed by atoms with Crippen molar-refractivity contribution in [2.45, 2.75) is 38.5 Å². The third-order valence-corrected chi connectivity index (χ3v) is 3.89. The van der Waals surface area contributed by atoms with Gasteiger partial charge < -0.3 is 14.4 Å². The molecular weight excluding hydrogens is 250 g/mol. The van der Waals surface area contributed by atoms with E-state index < -0.39 is 0 Å². The number of likely N-dealkylation sites (tertiary alicyclic amines) is 1. The fourth-order valence-electron chi connectivity index (χ4n) is 2.72. The average molecular weight is 277 g/mol. The van der Waals surface area contributed by atoms with Gasteiger partial charge in [-0.3, -0.25) is 0 Å². The Labute approximate surface area is 122 Å². The van der Waals surface area contributed by atoms with Crippen LogP contribution in [0.3, 0.4) is 0 Å². The highest BCUT2D eigenvalue weighted by Gasteiger charge is 2.08. The van der Waals surface area contributed by atoms with E-state index in [1.54, 1.807) is 7.11 Å². The quantitative estimate of drug-likeness (QED) is 0.676. The van der Waals surface area contributed by atoms with E-state index >= 15 is 0 Å². The Morgan fingerprint density at radius 1 is 0.950 bits per heavy atom. The highest BCUT2D eigenvalue weighted by molar-refractivity contribution is 5.39. The molecule has 3 nitrogen and oxygen atoms in total. The molecule has 0 bridgehead atoms. The number of nitrogens with zero attached hydrogens (tertiary/aromatic N) is 1. The van der Waals surface area contributed by atoms with Crippen molar-refractivity contribution in [3.63, 3.8) is 0 Å². The van der Waals surface area contributed by atoms with Gasteiger partial charge in [0.05, 0.1) is 13.7 Å². The maximum atomic E-state index is 5.78. The summed E-state index contributed by atoms with van der Waals surface area (Å²) in [5.74, 6) is 1.67. The molecule has 1 aliphatic heterocycles. The first kappa shape index (κ1) is 15.2. The number of hydrogen-bond acceptors (Lipinski definition) is 3. The van der Waals surface area contributed by atoms with Crippen LogP contribution in [0.2, 0.25) is 0 Å². The van der Waals surface area contributed by atoms with Gasteiger partial charge in [0.1, 0.15) is 0 Å². The van der Waals surface area contributed by atoms with Crippen molar-refractivity contribution in [2.75, 3.05) is 33.4 Å². The van der Waals surface area contributed by atoms with Crippen molar-refractivity contribution in [3.8, 4) is 11.5 Å². The van der Waals surface area contributed by atoms with E-state index in [0.717, 1.165) is 24.5 Å². The van der Waals surface area contributed by atoms with Gasteiger partial charge in [0, 0.05) is 0 Å². The van der Waals surface area contributed by atoms with Gasteiger partial charge in [-0.05, 0) is 63.9 Å². The van der Waals surface area contributed by atoms with Crippen LogP contribution in [0.4, 0.5) is 0 Å². The van der Waals surface area contributed by atoms with Gasteiger partial charge in [0.25, 0.3) is 0 Å². The maximum absolute atomic E-state index is 5.78. The van der Waals surface area contributed by atoms with Crippen molar-refractivity contribution < 1.29 is 9.47 Å². The van der Waals surface area contributed by atoms with E-state index in [9.17, 15) is 0 Å². The summed E-state index contributed by atoms with van der Waals surface area (Å²) in [4.78, 5) is 2.60. The number of unbranched alkanes of at least 4 members (excludes halogenated alkanes) is 2. The fourth-order valence-corrected chi connectivity index (χ4v) is 2.72. The first-order valence-electron chi connectivity index (χ1n) is 7.88. The van der Waals surface area contributed by atoms with Crippen molar-refractivity contribution >= 4 is 0 Å². The van der Waals surface area contributed by atoms with Crippen molar-refractivity contribution in [1.82, 2.24) is 4.90 Å². The van der Waals surface area contributed by atoms with Gasteiger partial charge in [-0.25, -0.2) is 0 Å². The second-order valence-electron chi connectivity index (χ2n) is 5.46. The van der Waals surface area contributed by atoms with Crippen LogP contribution in [0, 0.1) is 0 Å². The topological polar surface area (TPSA) is 21.7 Å². The molecule has 1 aromatic carbocycles. The van der Waals surface area contributed by atoms with E-state index in [-0.39, 0.29) is 0 Å². The summed E-state index contributed by atoms with van der Waals surface area (Å²) in [5.41, 5.74) is 0. The first-order chi connectivity index (χ1) is 9.90. The van der Waals surface area contributed by atoms with Gasteiger partial charge in [0.2, 0.25) is 0 Å². The molecule has 0 aliphatic carbocycles. The number of methoxy groups -OCH3 is 1. The molecule has 0 saturated carbocycles. The van der Waals surface area contributed by atoms with Crippen LogP contribution in [0.25, 0.3) is 0 Å². The number of benzene rings is 1. The Bertz CT molecular complexity index is 375. The Hall–Kier alpha value is -1.22. The summed E-state index contributed by atoms with van der Waals surface area (Å²) in [6, 6.07) is 7.84. The number of para-hydroxylation sites is 2. The van der Waals surface area contributed by atoms with Gasteiger partial charge >= 0.3 is 0 Å². The molecule has 1 aromatic rings. The summed E-state index contributed by atoms with van der Waals surface area (Å²) >= 11 is 0. The predicted octanol–water partition coefficient (Wildman–Crippen LogP) is 3.73. The van der Waals surface area contributed by atoms with Crippen molar-refractivity contribution in [1.29, 1.82) is 0 Å². The van der Waals surface area contributed by atoms with Crippen LogP contribution < -0.4 is 9.47 Å². The standard InChI is InChI=1S/C17H27NO2/c1-19-16-10-4-5-11-17(16)20-15-9-3-8-14-18-12-6-2-7-13-18/h4-5,10-11H,2-3,6-9,12-15H2,1H3. The molecule has 1 saturated heterocycles. The molecule has 112 valence electrons. The van der Waals surface area contributed by atoms with Crippen LogP contribution in [0.5, 0.6) is 11.5 Å². The molecule has 3 heteroatoms. The lowest BCUT2D eigenvalue weighted by Gasteiger charge is -2.26. The van der Waals surface area contributed by atoms with Gasteiger partial charge in [-0.2, -0.15) is 0 Å². The molecule has 0 aromatic heterocycles. The second-order valence-corrected chi connectivity index (χ2v) is 5.46. The van der Waals surface area contributed by atoms with Crippen LogP contribution in [0.1, 0.15) is 38.5 Å². The Morgan fingerprint density at radius 2 is 1.70 bits per heavy atom. The van der Waals surface area contributed by atoms with Gasteiger partial charge in [-0.1, -0.05) is 18.6 Å². The number of rotatable bonds is 8. The third-order valence-electron chi connectivity index (χ3n) is 3.89. The van der Waals surface area contributed by atoms with Crippen LogP contribution in [0.15, 0.2) is 24.3 Å². The smallest absolute Gasteiger partial charge is 0.161 e. The van der Waals surface area contributed by atoms with Crippen molar-refractivity contribution in [2.24, 2.45) is 0 Å². The van der Waals surface area contributed by atoms with Crippen LogP contribution in [-0.2, 0) is 0 Å². The SMILES string of the molecule is COc1ccccc1OCCCCCN1CCCCC1. The molecule has 1 heterocycles. The van der Waals surface area contributed by atoms with Gasteiger partial charge in [0.15, 0.2) is 11.5 Å². The lowest BCUT2D eigenvalue weighted by molar-refractivity contribution is 0.220.